The third-order valence-corrected chi connectivity index (χ3v) is 4.89. The van der Waals surface area contributed by atoms with Crippen molar-refractivity contribution >= 4 is 41.7 Å². The first-order valence-electron chi connectivity index (χ1n) is 9.42. The zero-order valence-corrected chi connectivity index (χ0v) is 20.1. The van der Waals surface area contributed by atoms with E-state index in [-0.39, 0.29) is 29.8 Å². The average molecular weight is 540 g/mol. The van der Waals surface area contributed by atoms with Crippen molar-refractivity contribution < 1.29 is 4.39 Å². The van der Waals surface area contributed by atoms with E-state index in [4.69, 9.17) is 0 Å². The SMILES string of the molecule is CCNC(=NCc1cccc(-c2ncn[nH]2)c1)NCc1ccc(F)cc1CSC.I. The summed E-state index contributed by atoms with van der Waals surface area (Å²) in [5.74, 6) is 2.03. The van der Waals surface area contributed by atoms with Gasteiger partial charge in [-0.2, -0.15) is 16.9 Å². The van der Waals surface area contributed by atoms with E-state index in [0.29, 0.717) is 13.1 Å². The Morgan fingerprint density at radius 3 is 2.77 bits per heavy atom. The van der Waals surface area contributed by atoms with E-state index in [1.807, 2.05) is 43.5 Å². The van der Waals surface area contributed by atoms with E-state index < -0.39 is 0 Å². The third-order valence-electron chi connectivity index (χ3n) is 4.29. The highest BCUT2D eigenvalue weighted by atomic mass is 127. The maximum absolute atomic E-state index is 13.6. The summed E-state index contributed by atoms with van der Waals surface area (Å²) in [5.41, 5.74) is 4.11. The predicted octanol–water partition coefficient (Wildman–Crippen LogP) is 4.35. The maximum atomic E-state index is 13.6. The number of aromatic amines is 1. The standard InChI is InChI=1S/C21H25FN6S.HI/c1-3-23-21(25-12-17-7-8-19(22)10-18(17)13-29-2)24-11-15-5-4-6-16(9-15)20-26-14-27-28-20;/h4-10,14H,3,11-13H2,1-2H3,(H2,23,24,25)(H,26,27,28);1H. The molecule has 30 heavy (non-hydrogen) atoms. The summed E-state index contributed by atoms with van der Waals surface area (Å²) in [4.78, 5) is 8.87. The van der Waals surface area contributed by atoms with Crippen LogP contribution >= 0.6 is 35.7 Å². The lowest BCUT2D eigenvalue weighted by atomic mass is 10.1. The highest BCUT2D eigenvalue weighted by Gasteiger charge is 2.06. The minimum Gasteiger partial charge on any atom is -0.357 e. The van der Waals surface area contributed by atoms with Crippen molar-refractivity contribution in [3.8, 4) is 11.4 Å². The topological polar surface area (TPSA) is 78.0 Å². The molecule has 9 heteroatoms. The molecular formula is C21H26FIN6S. The molecule has 0 bridgehead atoms. The van der Waals surface area contributed by atoms with Crippen molar-refractivity contribution in [3.05, 3.63) is 71.3 Å². The lowest BCUT2D eigenvalue weighted by molar-refractivity contribution is 0.625. The first-order valence-corrected chi connectivity index (χ1v) is 10.8. The smallest absolute Gasteiger partial charge is 0.191 e. The Morgan fingerprint density at radius 1 is 1.17 bits per heavy atom. The van der Waals surface area contributed by atoms with E-state index in [9.17, 15) is 4.39 Å². The molecule has 0 saturated carbocycles. The first-order chi connectivity index (χ1) is 14.2. The van der Waals surface area contributed by atoms with Crippen molar-refractivity contribution in [3.63, 3.8) is 0 Å². The number of benzene rings is 2. The molecule has 0 aliphatic rings. The number of H-pyrrole nitrogens is 1. The molecule has 0 atom stereocenters. The number of halogens is 2. The molecule has 1 aromatic heterocycles. The van der Waals surface area contributed by atoms with Gasteiger partial charge < -0.3 is 10.6 Å². The number of hydrogen-bond donors (Lipinski definition) is 3. The Morgan fingerprint density at radius 2 is 2.03 bits per heavy atom. The van der Waals surface area contributed by atoms with Crippen LogP contribution in [0.5, 0.6) is 0 Å². The maximum Gasteiger partial charge on any atom is 0.191 e. The molecule has 0 unspecified atom stereocenters. The Labute approximate surface area is 197 Å². The second kappa shape index (κ2) is 12.5. The zero-order valence-electron chi connectivity index (χ0n) is 17.0. The quantitative estimate of drug-likeness (QED) is 0.225. The highest BCUT2D eigenvalue weighted by molar-refractivity contribution is 14.0. The van der Waals surface area contributed by atoms with Gasteiger partial charge in [-0.05, 0) is 48.1 Å². The predicted molar refractivity (Wildman–Crippen MR) is 133 cm³/mol. The van der Waals surface area contributed by atoms with Gasteiger partial charge in [0, 0.05) is 24.4 Å². The number of rotatable bonds is 8. The fourth-order valence-corrected chi connectivity index (χ4v) is 3.49. The zero-order chi connectivity index (χ0) is 20.5. The summed E-state index contributed by atoms with van der Waals surface area (Å²) in [7, 11) is 0. The number of nitrogens with one attached hydrogen (secondary N) is 3. The van der Waals surface area contributed by atoms with Crippen LogP contribution in [0.4, 0.5) is 4.39 Å². The van der Waals surface area contributed by atoms with E-state index in [1.54, 1.807) is 17.8 Å². The molecular weight excluding hydrogens is 514 g/mol. The molecule has 0 radical (unpaired) electrons. The lowest BCUT2D eigenvalue weighted by Gasteiger charge is -2.14. The van der Waals surface area contributed by atoms with Crippen LogP contribution in [0.1, 0.15) is 23.6 Å². The number of aromatic nitrogens is 3. The largest absolute Gasteiger partial charge is 0.357 e. The van der Waals surface area contributed by atoms with Gasteiger partial charge in [0.05, 0.1) is 6.54 Å². The van der Waals surface area contributed by atoms with Crippen molar-refractivity contribution in [2.75, 3.05) is 12.8 Å². The molecule has 0 fully saturated rings. The molecule has 6 nitrogen and oxygen atoms in total. The van der Waals surface area contributed by atoms with Crippen LogP contribution in [0.3, 0.4) is 0 Å². The second-order valence-electron chi connectivity index (χ2n) is 6.43. The molecule has 3 aromatic rings. The van der Waals surface area contributed by atoms with Crippen molar-refractivity contribution in [2.24, 2.45) is 4.99 Å². The van der Waals surface area contributed by atoms with Gasteiger partial charge >= 0.3 is 0 Å². The summed E-state index contributed by atoms with van der Waals surface area (Å²) in [5, 5.41) is 13.4. The van der Waals surface area contributed by atoms with E-state index in [1.165, 1.54) is 12.4 Å². The number of aliphatic imine (C=N–C) groups is 1. The van der Waals surface area contributed by atoms with Crippen LogP contribution < -0.4 is 10.6 Å². The van der Waals surface area contributed by atoms with Gasteiger partial charge in [-0.15, -0.1) is 24.0 Å². The molecule has 0 saturated heterocycles. The fraction of sp³-hybridized carbons (Fsp3) is 0.286. The van der Waals surface area contributed by atoms with Crippen molar-refractivity contribution in [1.82, 2.24) is 25.8 Å². The molecule has 0 amide bonds. The number of nitrogens with zero attached hydrogens (tertiary/aromatic N) is 3. The van der Waals surface area contributed by atoms with Crippen molar-refractivity contribution in [2.45, 2.75) is 25.8 Å². The minimum atomic E-state index is -0.204. The van der Waals surface area contributed by atoms with E-state index in [0.717, 1.165) is 46.3 Å². The van der Waals surface area contributed by atoms with Crippen LogP contribution in [0.25, 0.3) is 11.4 Å². The average Bonchev–Trinajstić information content (AvgIpc) is 3.27. The molecule has 0 aliphatic heterocycles. The first kappa shape index (κ1) is 24.1. The number of guanidine groups is 1. The molecule has 3 rings (SSSR count). The molecule has 1 heterocycles. The van der Waals surface area contributed by atoms with Gasteiger partial charge in [0.15, 0.2) is 11.8 Å². The molecule has 0 spiro atoms. The van der Waals surface area contributed by atoms with Crippen LogP contribution in [-0.2, 0) is 18.8 Å². The van der Waals surface area contributed by atoms with Crippen molar-refractivity contribution in [1.29, 1.82) is 0 Å². The Hall–Kier alpha value is -2.14. The van der Waals surface area contributed by atoms with E-state index >= 15 is 0 Å². The molecule has 0 aliphatic carbocycles. The van der Waals surface area contributed by atoms with Crippen LogP contribution in [0, 0.1) is 5.82 Å². The summed E-state index contributed by atoms with van der Waals surface area (Å²) < 4.78 is 13.6. The van der Waals surface area contributed by atoms with Gasteiger partial charge in [-0.25, -0.2) is 14.4 Å². The molecule has 2 aromatic carbocycles. The monoisotopic (exact) mass is 540 g/mol. The van der Waals surface area contributed by atoms with Gasteiger partial charge in [0.25, 0.3) is 0 Å². The Bertz CT molecular complexity index is 948. The van der Waals surface area contributed by atoms with Crippen LogP contribution in [0.15, 0.2) is 53.8 Å². The van der Waals surface area contributed by atoms with Gasteiger partial charge in [0.1, 0.15) is 12.1 Å². The highest BCUT2D eigenvalue weighted by Crippen LogP contribution is 2.17. The Balaban J connectivity index is 0.00000320. The summed E-state index contributed by atoms with van der Waals surface area (Å²) in [6, 6.07) is 13.0. The third kappa shape index (κ3) is 6.98. The van der Waals surface area contributed by atoms with Crippen LogP contribution in [0.2, 0.25) is 0 Å². The molecule has 3 N–H and O–H groups in total. The summed E-state index contributed by atoms with van der Waals surface area (Å²) >= 11 is 1.68. The van der Waals surface area contributed by atoms with E-state index in [2.05, 4.69) is 30.8 Å². The van der Waals surface area contributed by atoms with Crippen LogP contribution in [-0.4, -0.2) is 33.9 Å². The van der Waals surface area contributed by atoms with Gasteiger partial charge in [-0.1, -0.05) is 24.3 Å². The summed E-state index contributed by atoms with van der Waals surface area (Å²) in [6.45, 7) is 3.89. The number of thioether (sulfide) groups is 1. The lowest BCUT2D eigenvalue weighted by Crippen LogP contribution is -2.37. The second-order valence-corrected chi connectivity index (χ2v) is 7.30. The number of hydrogen-bond acceptors (Lipinski definition) is 4. The minimum absolute atomic E-state index is 0. The fourth-order valence-electron chi connectivity index (χ4n) is 2.91. The van der Waals surface area contributed by atoms with Gasteiger partial charge in [-0.3, -0.25) is 5.10 Å². The van der Waals surface area contributed by atoms with Gasteiger partial charge in [0.2, 0.25) is 0 Å². The molecule has 160 valence electrons. The summed E-state index contributed by atoms with van der Waals surface area (Å²) in [6.07, 6.45) is 3.51. The normalized spacial score (nSPS) is 11.1. The Kier molecular flexibility index (Phi) is 10.1.